The zero-order chi connectivity index (χ0) is 19.1. The van der Waals surface area contributed by atoms with E-state index in [1.165, 1.54) is 11.1 Å². The van der Waals surface area contributed by atoms with E-state index in [9.17, 15) is 9.59 Å². The molecule has 3 aliphatic rings. The Kier molecular flexibility index (Phi) is 4.26. The fourth-order valence-electron chi connectivity index (χ4n) is 3.97. The first-order valence-corrected chi connectivity index (χ1v) is 10.0. The van der Waals surface area contributed by atoms with Crippen molar-refractivity contribution in [3.05, 3.63) is 59.9 Å². The zero-order valence-corrected chi connectivity index (χ0v) is 15.8. The topological polar surface area (TPSA) is 65.5 Å². The number of amides is 3. The van der Waals surface area contributed by atoms with Crippen LogP contribution in [0.15, 0.2) is 48.8 Å². The molecular formula is C22H24N4O2. The molecule has 1 N–H and O–H groups in total. The quantitative estimate of drug-likeness (QED) is 0.892. The van der Waals surface area contributed by atoms with Crippen LogP contribution in [-0.2, 0) is 4.79 Å². The maximum absolute atomic E-state index is 12.4. The minimum Gasteiger partial charge on any atom is -0.341 e. The van der Waals surface area contributed by atoms with E-state index in [1.807, 2.05) is 34.2 Å². The SMILES string of the molecule is O=C(Nc1ccc(C2CN(C(=O)C3CC3)C2)cc1)N1CC(c2cccnc2)C1. The highest BCUT2D eigenvalue weighted by atomic mass is 16.2. The standard InChI is InChI=1S/C22H24N4O2/c27-21(16-3-4-16)25-11-18(12-25)15-5-7-20(8-6-15)24-22(28)26-13-19(14-26)17-2-1-9-23-10-17/h1-2,5-10,16,18-19H,3-4,11-14H2,(H,24,28). The highest BCUT2D eigenvalue weighted by molar-refractivity contribution is 5.90. The smallest absolute Gasteiger partial charge is 0.321 e. The summed E-state index contributed by atoms with van der Waals surface area (Å²) in [5, 5.41) is 2.98. The number of rotatable bonds is 4. The first kappa shape index (κ1) is 17.2. The molecule has 1 aromatic carbocycles. The van der Waals surface area contributed by atoms with E-state index in [0.717, 1.165) is 44.7 Å². The Morgan fingerprint density at radius 1 is 0.893 bits per heavy atom. The van der Waals surface area contributed by atoms with Crippen molar-refractivity contribution in [2.75, 3.05) is 31.5 Å². The number of hydrogen-bond donors (Lipinski definition) is 1. The molecule has 144 valence electrons. The summed E-state index contributed by atoms with van der Waals surface area (Å²) in [6.07, 6.45) is 5.77. The number of urea groups is 1. The molecule has 3 amide bonds. The van der Waals surface area contributed by atoms with Crippen LogP contribution in [0.3, 0.4) is 0 Å². The van der Waals surface area contributed by atoms with Gasteiger partial charge in [0.15, 0.2) is 0 Å². The Hall–Kier alpha value is -2.89. The molecule has 2 aromatic rings. The molecule has 1 aliphatic carbocycles. The van der Waals surface area contributed by atoms with Gasteiger partial charge in [-0.15, -0.1) is 0 Å². The van der Waals surface area contributed by atoms with Gasteiger partial charge in [-0.3, -0.25) is 9.78 Å². The van der Waals surface area contributed by atoms with E-state index in [1.54, 1.807) is 6.20 Å². The second kappa shape index (κ2) is 6.93. The van der Waals surface area contributed by atoms with E-state index < -0.39 is 0 Å². The summed E-state index contributed by atoms with van der Waals surface area (Å²) in [7, 11) is 0. The summed E-state index contributed by atoms with van der Waals surface area (Å²) in [4.78, 5) is 32.4. The molecular weight excluding hydrogens is 352 g/mol. The third-order valence-electron chi connectivity index (χ3n) is 6.08. The second-order valence-electron chi connectivity index (χ2n) is 8.15. The van der Waals surface area contributed by atoms with Crippen LogP contribution < -0.4 is 5.32 Å². The number of anilines is 1. The lowest BCUT2D eigenvalue weighted by molar-refractivity contribution is -0.137. The predicted molar refractivity (Wildman–Crippen MR) is 106 cm³/mol. The van der Waals surface area contributed by atoms with Crippen LogP contribution in [0.4, 0.5) is 10.5 Å². The minimum atomic E-state index is -0.0576. The molecule has 6 nitrogen and oxygen atoms in total. The molecule has 0 spiro atoms. The van der Waals surface area contributed by atoms with Gasteiger partial charge in [0.25, 0.3) is 0 Å². The number of carbonyl (C=O) groups is 2. The number of hydrogen-bond acceptors (Lipinski definition) is 3. The summed E-state index contributed by atoms with van der Waals surface area (Å²) >= 11 is 0. The van der Waals surface area contributed by atoms with Crippen molar-refractivity contribution < 1.29 is 9.59 Å². The van der Waals surface area contributed by atoms with Gasteiger partial charge in [-0.25, -0.2) is 4.79 Å². The van der Waals surface area contributed by atoms with Crippen molar-refractivity contribution in [2.24, 2.45) is 5.92 Å². The summed E-state index contributed by atoms with van der Waals surface area (Å²) < 4.78 is 0. The number of likely N-dealkylation sites (tertiary alicyclic amines) is 2. The first-order valence-electron chi connectivity index (χ1n) is 10.0. The van der Waals surface area contributed by atoms with Crippen molar-refractivity contribution >= 4 is 17.6 Å². The van der Waals surface area contributed by atoms with Crippen molar-refractivity contribution in [1.82, 2.24) is 14.8 Å². The predicted octanol–water partition coefficient (Wildman–Crippen LogP) is 3.05. The third-order valence-corrected chi connectivity index (χ3v) is 6.08. The maximum atomic E-state index is 12.4. The molecule has 0 atom stereocenters. The molecule has 1 aromatic heterocycles. The molecule has 3 fully saturated rings. The Bertz CT molecular complexity index is 867. The highest BCUT2D eigenvalue weighted by Crippen LogP contribution is 2.36. The summed E-state index contributed by atoms with van der Waals surface area (Å²) in [5.74, 6) is 1.43. The van der Waals surface area contributed by atoms with Gasteiger partial charge >= 0.3 is 6.03 Å². The Morgan fingerprint density at radius 3 is 2.21 bits per heavy atom. The number of benzene rings is 1. The highest BCUT2D eigenvalue weighted by Gasteiger charge is 2.39. The van der Waals surface area contributed by atoms with Crippen LogP contribution >= 0.6 is 0 Å². The van der Waals surface area contributed by atoms with Crippen LogP contribution in [0, 0.1) is 5.92 Å². The molecule has 2 aliphatic heterocycles. The van der Waals surface area contributed by atoms with Crippen LogP contribution in [-0.4, -0.2) is 52.9 Å². The van der Waals surface area contributed by atoms with Gasteiger partial charge in [-0.1, -0.05) is 18.2 Å². The average molecular weight is 376 g/mol. The van der Waals surface area contributed by atoms with Gasteiger partial charge in [0.1, 0.15) is 0 Å². The van der Waals surface area contributed by atoms with Crippen LogP contribution in [0.1, 0.15) is 35.8 Å². The fraction of sp³-hybridized carbons (Fsp3) is 0.409. The number of nitrogens with one attached hydrogen (secondary N) is 1. The van der Waals surface area contributed by atoms with Gasteiger partial charge < -0.3 is 15.1 Å². The van der Waals surface area contributed by atoms with Gasteiger partial charge in [0.05, 0.1) is 0 Å². The van der Waals surface area contributed by atoms with Crippen molar-refractivity contribution in [2.45, 2.75) is 24.7 Å². The lowest BCUT2D eigenvalue weighted by Crippen LogP contribution is -2.50. The second-order valence-corrected chi connectivity index (χ2v) is 8.15. The van der Waals surface area contributed by atoms with E-state index in [0.29, 0.717) is 23.7 Å². The monoisotopic (exact) mass is 376 g/mol. The fourth-order valence-corrected chi connectivity index (χ4v) is 3.97. The van der Waals surface area contributed by atoms with Crippen LogP contribution in [0.25, 0.3) is 0 Å². The Balaban J connectivity index is 1.10. The van der Waals surface area contributed by atoms with Gasteiger partial charge in [-0.05, 0) is 42.2 Å². The summed E-state index contributed by atoms with van der Waals surface area (Å²) in [5.41, 5.74) is 3.23. The lowest BCUT2D eigenvalue weighted by Gasteiger charge is -2.40. The number of nitrogens with zero attached hydrogens (tertiary/aromatic N) is 3. The molecule has 2 saturated heterocycles. The Labute approximate surface area is 164 Å². The van der Waals surface area contributed by atoms with Gasteiger partial charge in [0.2, 0.25) is 5.91 Å². The normalized spacial score (nSPS) is 19.7. The number of aromatic nitrogens is 1. The van der Waals surface area contributed by atoms with Gasteiger partial charge in [0, 0.05) is 62.0 Å². The van der Waals surface area contributed by atoms with Crippen LogP contribution in [0.5, 0.6) is 0 Å². The zero-order valence-electron chi connectivity index (χ0n) is 15.8. The molecule has 0 radical (unpaired) electrons. The minimum absolute atomic E-state index is 0.0576. The van der Waals surface area contributed by atoms with Crippen LogP contribution in [0.2, 0.25) is 0 Å². The summed E-state index contributed by atoms with van der Waals surface area (Å²) in [6, 6.07) is 12.0. The summed E-state index contributed by atoms with van der Waals surface area (Å²) in [6.45, 7) is 3.10. The van der Waals surface area contributed by atoms with Crippen molar-refractivity contribution in [1.29, 1.82) is 0 Å². The molecule has 5 rings (SSSR count). The molecule has 3 heterocycles. The van der Waals surface area contributed by atoms with E-state index in [-0.39, 0.29) is 6.03 Å². The molecule has 1 saturated carbocycles. The largest absolute Gasteiger partial charge is 0.341 e. The molecule has 0 bridgehead atoms. The van der Waals surface area contributed by atoms with E-state index in [2.05, 4.69) is 28.5 Å². The maximum Gasteiger partial charge on any atom is 0.321 e. The van der Waals surface area contributed by atoms with E-state index in [4.69, 9.17) is 0 Å². The first-order chi connectivity index (χ1) is 13.7. The molecule has 28 heavy (non-hydrogen) atoms. The Morgan fingerprint density at radius 2 is 1.57 bits per heavy atom. The molecule has 0 unspecified atom stereocenters. The lowest BCUT2D eigenvalue weighted by atomic mass is 9.91. The van der Waals surface area contributed by atoms with E-state index >= 15 is 0 Å². The number of carbonyl (C=O) groups excluding carboxylic acids is 2. The average Bonchev–Trinajstić information content (AvgIpc) is 3.47. The third kappa shape index (κ3) is 3.35. The number of pyridine rings is 1. The van der Waals surface area contributed by atoms with Gasteiger partial charge in [-0.2, -0.15) is 0 Å². The molecule has 6 heteroatoms. The van der Waals surface area contributed by atoms with Crippen molar-refractivity contribution in [3.8, 4) is 0 Å². The van der Waals surface area contributed by atoms with Crippen molar-refractivity contribution in [3.63, 3.8) is 0 Å².